The second-order valence-electron chi connectivity index (χ2n) is 10.1. The van der Waals surface area contributed by atoms with E-state index in [0.29, 0.717) is 39.3 Å². The number of nitrogens with one attached hydrogen (secondary N) is 1. The van der Waals surface area contributed by atoms with Gasteiger partial charge in [0.15, 0.2) is 23.0 Å². The van der Waals surface area contributed by atoms with Crippen molar-refractivity contribution in [1.29, 1.82) is 0 Å². The van der Waals surface area contributed by atoms with E-state index >= 15 is 0 Å². The van der Waals surface area contributed by atoms with Crippen LogP contribution in [0, 0.1) is 6.92 Å². The highest BCUT2D eigenvalue weighted by molar-refractivity contribution is 6.34. The number of rotatable bonds is 14. The molecule has 0 fully saturated rings. The molecule has 0 aliphatic carbocycles. The number of anilines is 1. The van der Waals surface area contributed by atoms with E-state index in [1.165, 1.54) is 0 Å². The van der Waals surface area contributed by atoms with Gasteiger partial charge < -0.3 is 49.1 Å². The van der Waals surface area contributed by atoms with Crippen LogP contribution in [0.15, 0.2) is 48.5 Å². The third kappa shape index (κ3) is 6.70. The molecule has 3 atom stereocenters. The smallest absolute Gasteiger partial charge is 0.264 e. The van der Waals surface area contributed by atoms with Gasteiger partial charge in [0.25, 0.3) is 12.6 Å². The third-order valence-corrected chi connectivity index (χ3v) is 7.62. The lowest BCUT2D eigenvalue weighted by Crippen LogP contribution is -2.26. The standard InChI is InChI=1S/C31H36ClNO9/c1-18-3-4-22(15-36)31(30(18)32)33-19(2)29(20-5-7-23-25(13-20)41-27(39-23)16-37-11-9-34)21-6-8-24-26(14-21)42-28(40-24)17-38-12-10-35/h3-8,13-14,19,27-29,33-36H,9-12,15-17H2,1-2H3. The van der Waals surface area contributed by atoms with E-state index in [2.05, 4.69) is 12.2 Å². The summed E-state index contributed by atoms with van der Waals surface area (Å²) in [5.41, 5.74) is 4.18. The monoisotopic (exact) mass is 601 g/mol. The Morgan fingerprint density at radius 1 is 0.786 bits per heavy atom. The molecule has 2 heterocycles. The molecule has 0 spiro atoms. The van der Waals surface area contributed by atoms with Gasteiger partial charge in [-0.25, -0.2) is 0 Å². The Kier molecular flexibility index (Phi) is 9.94. The van der Waals surface area contributed by atoms with Crippen molar-refractivity contribution in [3.05, 3.63) is 75.8 Å². The van der Waals surface area contributed by atoms with E-state index in [1.54, 1.807) is 0 Å². The second-order valence-corrected chi connectivity index (χ2v) is 10.5. The first kappa shape index (κ1) is 30.2. The lowest BCUT2D eigenvalue weighted by Gasteiger charge is -2.29. The topological polar surface area (TPSA) is 128 Å². The average molecular weight is 602 g/mol. The Morgan fingerprint density at radius 2 is 1.31 bits per heavy atom. The zero-order valence-electron chi connectivity index (χ0n) is 23.5. The summed E-state index contributed by atoms with van der Waals surface area (Å²) in [6.45, 7) is 4.44. The number of aryl methyl sites for hydroxylation is 1. The Balaban J connectivity index is 1.45. The van der Waals surface area contributed by atoms with Gasteiger partial charge in [0.1, 0.15) is 13.2 Å². The van der Waals surface area contributed by atoms with Gasteiger partial charge in [0.2, 0.25) is 0 Å². The van der Waals surface area contributed by atoms with Gasteiger partial charge in [-0.1, -0.05) is 35.9 Å². The first-order valence-corrected chi connectivity index (χ1v) is 14.3. The van der Waals surface area contributed by atoms with E-state index in [4.69, 9.17) is 50.2 Å². The molecule has 2 aliphatic heterocycles. The van der Waals surface area contributed by atoms with Gasteiger partial charge in [-0.15, -0.1) is 0 Å². The van der Waals surface area contributed by atoms with Crippen molar-refractivity contribution in [1.82, 2.24) is 0 Å². The molecule has 0 bridgehead atoms. The molecule has 42 heavy (non-hydrogen) atoms. The van der Waals surface area contributed by atoms with Crippen LogP contribution < -0.4 is 24.3 Å². The van der Waals surface area contributed by atoms with E-state index in [9.17, 15) is 5.11 Å². The molecule has 0 saturated carbocycles. The van der Waals surface area contributed by atoms with Crippen molar-refractivity contribution >= 4 is 17.3 Å². The van der Waals surface area contributed by atoms with Crippen molar-refractivity contribution in [3.8, 4) is 23.0 Å². The van der Waals surface area contributed by atoms with Crippen LogP contribution >= 0.6 is 11.6 Å². The molecule has 3 unspecified atom stereocenters. The number of fused-ring (bicyclic) bond motifs is 2. The summed E-state index contributed by atoms with van der Waals surface area (Å²) in [7, 11) is 0. The van der Waals surface area contributed by atoms with Crippen molar-refractivity contribution in [3.63, 3.8) is 0 Å². The molecule has 10 nitrogen and oxygen atoms in total. The molecular weight excluding hydrogens is 566 g/mol. The summed E-state index contributed by atoms with van der Waals surface area (Å²) in [6.07, 6.45) is -1.21. The van der Waals surface area contributed by atoms with Gasteiger partial charge in [-0.05, 0) is 54.8 Å². The number of aliphatic hydroxyl groups excluding tert-OH is 3. The predicted octanol–water partition coefficient (Wildman–Crippen LogP) is 3.99. The maximum absolute atomic E-state index is 10.0. The minimum Gasteiger partial charge on any atom is -0.448 e. The van der Waals surface area contributed by atoms with Crippen LogP contribution in [0.4, 0.5) is 5.69 Å². The fourth-order valence-electron chi connectivity index (χ4n) is 5.14. The van der Waals surface area contributed by atoms with Crippen LogP contribution in [0.1, 0.15) is 35.1 Å². The molecule has 0 amide bonds. The molecule has 11 heteroatoms. The second kappa shape index (κ2) is 13.8. The zero-order valence-corrected chi connectivity index (χ0v) is 24.3. The predicted molar refractivity (Wildman–Crippen MR) is 156 cm³/mol. The van der Waals surface area contributed by atoms with Crippen LogP contribution in [-0.2, 0) is 16.1 Å². The minimum absolute atomic E-state index is 0.0781. The number of hydrogen-bond acceptors (Lipinski definition) is 10. The van der Waals surface area contributed by atoms with Gasteiger partial charge >= 0.3 is 0 Å². The fourth-order valence-corrected chi connectivity index (χ4v) is 5.38. The number of aliphatic hydroxyl groups is 3. The highest BCUT2D eigenvalue weighted by Crippen LogP contribution is 2.43. The van der Waals surface area contributed by atoms with Gasteiger partial charge in [0, 0.05) is 17.5 Å². The third-order valence-electron chi connectivity index (χ3n) is 7.13. The molecule has 5 rings (SSSR count). The Labute approximate surface area is 249 Å². The van der Waals surface area contributed by atoms with Crippen molar-refractivity contribution in [2.24, 2.45) is 0 Å². The maximum Gasteiger partial charge on any atom is 0.264 e. The summed E-state index contributed by atoms with van der Waals surface area (Å²) in [5.74, 6) is 2.18. The Bertz CT molecular complexity index is 1300. The van der Waals surface area contributed by atoms with Crippen LogP contribution in [-0.4, -0.2) is 73.6 Å². The number of hydrogen-bond donors (Lipinski definition) is 4. The van der Waals surface area contributed by atoms with Crippen LogP contribution in [0.5, 0.6) is 23.0 Å². The highest BCUT2D eigenvalue weighted by Gasteiger charge is 2.31. The molecule has 0 saturated heterocycles. The van der Waals surface area contributed by atoms with Crippen molar-refractivity contribution < 1.29 is 43.7 Å². The van der Waals surface area contributed by atoms with Crippen LogP contribution in [0.3, 0.4) is 0 Å². The molecule has 2 aliphatic rings. The SMILES string of the molecule is Cc1ccc(CO)c(NC(C)C(c2ccc3c(c2)OC(COCCO)O3)c2ccc3c(c2)OC(COCCO)O3)c1Cl. The van der Waals surface area contributed by atoms with Crippen molar-refractivity contribution in [2.75, 3.05) is 45.0 Å². The quantitative estimate of drug-likeness (QED) is 0.201. The zero-order chi connectivity index (χ0) is 29.6. The Hall–Kier alpha value is -3.25. The van der Waals surface area contributed by atoms with E-state index in [0.717, 1.165) is 16.7 Å². The van der Waals surface area contributed by atoms with Gasteiger partial charge in [-0.2, -0.15) is 0 Å². The fraction of sp³-hybridized carbons (Fsp3) is 0.419. The van der Waals surface area contributed by atoms with Crippen LogP contribution in [0.25, 0.3) is 0 Å². The maximum atomic E-state index is 10.0. The molecule has 3 aromatic rings. The van der Waals surface area contributed by atoms with E-state index < -0.39 is 12.6 Å². The summed E-state index contributed by atoms with van der Waals surface area (Å²) in [6, 6.07) is 15.2. The molecular formula is C31H36ClNO9. The lowest BCUT2D eigenvalue weighted by molar-refractivity contribution is -0.0397. The van der Waals surface area contributed by atoms with Crippen molar-refractivity contribution in [2.45, 2.75) is 45.0 Å². The molecule has 0 radical (unpaired) electrons. The molecule has 3 aromatic carbocycles. The summed E-state index contributed by atoms with van der Waals surface area (Å²) < 4.78 is 34.5. The number of ether oxygens (including phenoxy) is 6. The number of benzene rings is 3. The highest BCUT2D eigenvalue weighted by atomic mass is 35.5. The molecule has 4 N–H and O–H groups in total. The molecule has 226 valence electrons. The largest absolute Gasteiger partial charge is 0.448 e. The summed E-state index contributed by atoms with van der Waals surface area (Å²) in [4.78, 5) is 0. The minimum atomic E-state index is -0.607. The van der Waals surface area contributed by atoms with E-state index in [1.807, 2.05) is 55.5 Å². The van der Waals surface area contributed by atoms with Gasteiger partial charge in [0.05, 0.1) is 43.7 Å². The summed E-state index contributed by atoms with van der Waals surface area (Å²) >= 11 is 6.71. The average Bonchev–Trinajstić information content (AvgIpc) is 3.59. The number of halogens is 1. The van der Waals surface area contributed by atoms with Gasteiger partial charge in [-0.3, -0.25) is 0 Å². The first-order valence-electron chi connectivity index (χ1n) is 13.9. The van der Waals surface area contributed by atoms with Crippen LogP contribution in [0.2, 0.25) is 5.02 Å². The Morgan fingerprint density at radius 3 is 1.81 bits per heavy atom. The normalized spacial score (nSPS) is 18.2. The first-order chi connectivity index (χ1) is 20.4. The molecule has 0 aromatic heterocycles. The summed E-state index contributed by atoms with van der Waals surface area (Å²) in [5, 5.41) is 32.1. The lowest BCUT2D eigenvalue weighted by atomic mass is 9.85. The van der Waals surface area contributed by atoms with E-state index in [-0.39, 0.29) is 58.2 Å².